The maximum Gasteiger partial charge on any atom is 0.0487 e. The molecule has 0 aromatic heterocycles. The first-order valence-corrected chi connectivity index (χ1v) is 7.61. The second-order valence-electron chi connectivity index (χ2n) is 5.77. The smallest absolute Gasteiger partial charge is 0.0487 e. The average molecular weight is 286 g/mol. The molecule has 20 heavy (non-hydrogen) atoms. The Morgan fingerprint density at radius 1 is 1.10 bits per heavy atom. The molecule has 0 spiro atoms. The monoisotopic (exact) mass is 285 g/mol. The number of halogens is 1. The molecule has 1 fully saturated rings. The van der Waals surface area contributed by atoms with Crippen LogP contribution >= 0.6 is 11.6 Å². The van der Waals surface area contributed by atoms with Crippen molar-refractivity contribution in [3.05, 3.63) is 58.1 Å². The normalized spacial score (nSPS) is 14.6. The summed E-state index contributed by atoms with van der Waals surface area (Å²) in [5, 5.41) is 4.39. The fourth-order valence-electron chi connectivity index (χ4n) is 2.40. The van der Waals surface area contributed by atoms with Crippen LogP contribution in [-0.2, 0) is 6.54 Å². The van der Waals surface area contributed by atoms with Crippen molar-refractivity contribution >= 4 is 11.6 Å². The van der Waals surface area contributed by atoms with E-state index in [0.29, 0.717) is 0 Å². The van der Waals surface area contributed by atoms with E-state index in [9.17, 15) is 0 Å². The molecule has 1 saturated carbocycles. The summed E-state index contributed by atoms with van der Waals surface area (Å²) in [4.78, 5) is 0. The fraction of sp³-hybridized carbons (Fsp3) is 0.333. The van der Waals surface area contributed by atoms with Crippen LogP contribution < -0.4 is 5.32 Å². The van der Waals surface area contributed by atoms with Gasteiger partial charge in [-0.1, -0.05) is 29.8 Å². The number of hydrogen-bond donors (Lipinski definition) is 1. The van der Waals surface area contributed by atoms with Crippen LogP contribution in [0.1, 0.15) is 29.5 Å². The van der Waals surface area contributed by atoms with E-state index in [4.69, 9.17) is 11.6 Å². The molecule has 1 aliphatic carbocycles. The van der Waals surface area contributed by atoms with Gasteiger partial charge in [0.1, 0.15) is 0 Å². The number of nitrogens with one attached hydrogen (secondary N) is 1. The van der Waals surface area contributed by atoms with Crippen LogP contribution in [0.5, 0.6) is 0 Å². The van der Waals surface area contributed by atoms with Crippen LogP contribution in [0, 0.1) is 13.8 Å². The molecular formula is C18H20ClN. The van der Waals surface area contributed by atoms with Crippen molar-refractivity contribution in [3.63, 3.8) is 0 Å². The third kappa shape index (κ3) is 3.05. The molecule has 0 atom stereocenters. The SMILES string of the molecule is Cc1cc(Cl)c(-c2cccc(CNC3CC3)c2)cc1C. The summed E-state index contributed by atoms with van der Waals surface area (Å²) in [6, 6.07) is 13.6. The summed E-state index contributed by atoms with van der Waals surface area (Å²) in [6.07, 6.45) is 2.64. The Morgan fingerprint density at radius 2 is 1.85 bits per heavy atom. The van der Waals surface area contributed by atoms with Crippen LogP contribution in [0.2, 0.25) is 5.02 Å². The minimum absolute atomic E-state index is 0.740. The third-order valence-corrected chi connectivity index (χ3v) is 4.31. The second kappa shape index (κ2) is 5.59. The van der Waals surface area contributed by atoms with Gasteiger partial charge in [0.25, 0.3) is 0 Å². The highest BCUT2D eigenvalue weighted by atomic mass is 35.5. The standard InChI is InChI=1S/C18H20ClN/c1-12-8-17(18(19)9-13(12)2)15-5-3-4-14(10-15)11-20-16-6-7-16/h3-5,8-10,16,20H,6-7,11H2,1-2H3. The molecule has 0 unspecified atom stereocenters. The minimum atomic E-state index is 0.740. The molecule has 0 radical (unpaired) electrons. The highest BCUT2D eigenvalue weighted by Crippen LogP contribution is 2.31. The van der Waals surface area contributed by atoms with Crippen molar-refractivity contribution < 1.29 is 0 Å². The van der Waals surface area contributed by atoms with Crippen molar-refractivity contribution in [2.24, 2.45) is 0 Å². The second-order valence-corrected chi connectivity index (χ2v) is 6.18. The number of benzene rings is 2. The lowest BCUT2D eigenvalue weighted by molar-refractivity contribution is 0.688. The van der Waals surface area contributed by atoms with E-state index in [-0.39, 0.29) is 0 Å². The van der Waals surface area contributed by atoms with Crippen molar-refractivity contribution in [1.29, 1.82) is 0 Å². The molecule has 1 nitrogen and oxygen atoms in total. The van der Waals surface area contributed by atoms with Crippen molar-refractivity contribution in [3.8, 4) is 11.1 Å². The van der Waals surface area contributed by atoms with Gasteiger partial charge >= 0.3 is 0 Å². The van der Waals surface area contributed by atoms with E-state index in [1.165, 1.54) is 35.1 Å². The summed E-state index contributed by atoms with van der Waals surface area (Å²) in [7, 11) is 0. The van der Waals surface area contributed by atoms with Gasteiger partial charge in [-0.05, 0) is 67.1 Å². The van der Waals surface area contributed by atoms with Crippen LogP contribution in [-0.4, -0.2) is 6.04 Å². The minimum Gasteiger partial charge on any atom is -0.310 e. The third-order valence-electron chi connectivity index (χ3n) is 3.99. The van der Waals surface area contributed by atoms with E-state index >= 15 is 0 Å². The van der Waals surface area contributed by atoms with Crippen molar-refractivity contribution in [2.45, 2.75) is 39.3 Å². The fourth-order valence-corrected chi connectivity index (χ4v) is 2.73. The van der Waals surface area contributed by atoms with E-state index in [0.717, 1.165) is 23.2 Å². The first-order chi connectivity index (χ1) is 9.63. The Hall–Kier alpha value is -1.31. The summed E-state index contributed by atoms with van der Waals surface area (Å²) in [5.74, 6) is 0. The van der Waals surface area contributed by atoms with Gasteiger partial charge in [-0.2, -0.15) is 0 Å². The maximum atomic E-state index is 6.41. The predicted octanol–water partition coefficient (Wildman–Crippen LogP) is 4.88. The van der Waals surface area contributed by atoms with Gasteiger partial charge in [0.05, 0.1) is 0 Å². The summed E-state index contributed by atoms with van der Waals surface area (Å²) in [5.41, 5.74) is 6.18. The zero-order chi connectivity index (χ0) is 14.1. The topological polar surface area (TPSA) is 12.0 Å². The molecule has 104 valence electrons. The molecule has 0 aliphatic heterocycles. The molecular weight excluding hydrogens is 266 g/mol. The average Bonchev–Trinajstić information content (AvgIpc) is 3.25. The number of rotatable bonds is 4. The Kier molecular flexibility index (Phi) is 3.82. The van der Waals surface area contributed by atoms with Crippen LogP contribution in [0.15, 0.2) is 36.4 Å². The maximum absolute atomic E-state index is 6.41. The predicted molar refractivity (Wildman–Crippen MR) is 86.2 cm³/mol. The van der Waals surface area contributed by atoms with Crippen LogP contribution in [0.4, 0.5) is 0 Å². The lowest BCUT2D eigenvalue weighted by Crippen LogP contribution is -2.15. The molecule has 1 N–H and O–H groups in total. The Morgan fingerprint density at radius 3 is 2.60 bits per heavy atom. The summed E-state index contributed by atoms with van der Waals surface area (Å²) < 4.78 is 0. The van der Waals surface area contributed by atoms with Gasteiger partial charge in [0.15, 0.2) is 0 Å². The highest BCUT2D eigenvalue weighted by Gasteiger charge is 2.19. The zero-order valence-corrected chi connectivity index (χ0v) is 12.8. The number of hydrogen-bond acceptors (Lipinski definition) is 1. The van der Waals surface area contributed by atoms with Crippen LogP contribution in [0.3, 0.4) is 0 Å². The molecule has 3 rings (SSSR count). The first kappa shape index (κ1) is 13.7. The molecule has 0 bridgehead atoms. The van der Waals surface area contributed by atoms with Gasteiger partial charge in [0, 0.05) is 23.2 Å². The molecule has 0 saturated heterocycles. The van der Waals surface area contributed by atoms with E-state index in [1.807, 2.05) is 0 Å². The molecule has 1 aliphatic rings. The molecule has 0 amide bonds. The molecule has 2 aromatic rings. The Bertz CT molecular complexity index is 629. The van der Waals surface area contributed by atoms with Gasteiger partial charge in [-0.15, -0.1) is 0 Å². The van der Waals surface area contributed by atoms with Crippen molar-refractivity contribution in [1.82, 2.24) is 5.32 Å². The summed E-state index contributed by atoms with van der Waals surface area (Å²) >= 11 is 6.41. The Balaban J connectivity index is 1.89. The zero-order valence-electron chi connectivity index (χ0n) is 12.0. The molecule has 2 heteroatoms. The Labute approximate surface area is 126 Å². The molecule has 2 aromatic carbocycles. The van der Waals surface area contributed by atoms with Gasteiger partial charge in [-0.25, -0.2) is 0 Å². The largest absolute Gasteiger partial charge is 0.310 e. The molecule has 0 heterocycles. The van der Waals surface area contributed by atoms with Gasteiger partial charge in [-0.3, -0.25) is 0 Å². The lowest BCUT2D eigenvalue weighted by Gasteiger charge is -2.10. The quantitative estimate of drug-likeness (QED) is 0.844. The van der Waals surface area contributed by atoms with E-state index < -0.39 is 0 Å². The van der Waals surface area contributed by atoms with E-state index in [1.54, 1.807) is 0 Å². The summed E-state index contributed by atoms with van der Waals surface area (Å²) in [6.45, 7) is 5.18. The van der Waals surface area contributed by atoms with Gasteiger partial charge in [0.2, 0.25) is 0 Å². The number of aryl methyl sites for hydroxylation is 2. The lowest BCUT2D eigenvalue weighted by atomic mass is 9.99. The van der Waals surface area contributed by atoms with Gasteiger partial charge < -0.3 is 5.32 Å². The highest BCUT2D eigenvalue weighted by molar-refractivity contribution is 6.33. The first-order valence-electron chi connectivity index (χ1n) is 7.23. The van der Waals surface area contributed by atoms with Crippen molar-refractivity contribution in [2.75, 3.05) is 0 Å². The van der Waals surface area contributed by atoms with E-state index in [2.05, 4.69) is 55.6 Å². The van der Waals surface area contributed by atoms with Crippen LogP contribution in [0.25, 0.3) is 11.1 Å².